The predicted molar refractivity (Wildman–Crippen MR) is 78.2 cm³/mol. The van der Waals surface area contributed by atoms with Gasteiger partial charge in [-0.1, -0.05) is 15.9 Å². The molecule has 0 amide bonds. The average Bonchev–Trinajstić information content (AvgIpc) is 2.44. The van der Waals surface area contributed by atoms with Crippen LogP contribution in [0.1, 0.15) is 18.1 Å². The third kappa shape index (κ3) is 3.85. The van der Waals surface area contributed by atoms with Crippen LogP contribution in [0.3, 0.4) is 0 Å². The summed E-state index contributed by atoms with van der Waals surface area (Å²) in [6.07, 6.45) is -7.30. The van der Waals surface area contributed by atoms with E-state index in [0.717, 1.165) is 6.08 Å². The number of nitrogens with two attached hydrogens (primary N) is 1. The molecule has 0 saturated carbocycles. The first-order valence-corrected chi connectivity index (χ1v) is 7.24. The van der Waals surface area contributed by atoms with Gasteiger partial charge in [0.2, 0.25) is 12.4 Å². The van der Waals surface area contributed by atoms with Crippen molar-refractivity contribution in [3.8, 4) is 5.75 Å². The van der Waals surface area contributed by atoms with Crippen LogP contribution in [0.2, 0.25) is 0 Å². The quantitative estimate of drug-likeness (QED) is 0.483. The van der Waals surface area contributed by atoms with Crippen molar-refractivity contribution in [2.45, 2.75) is 32.4 Å². The molecule has 0 aliphatic carbocycles. The van der Waals surface area contributed by atoms with Gasteiger partial charge in [-0.3, -0.25) is 4.84 Å². The Kier molecular flexibility index (Phi) is 5.02. The number of aryl methyl sites for hydroxylation is 1. The molecule has 2 atom stereocenters. The zero-order valence-corrected chi connectivity index (χ0v) is 13.7. The fourth-order valence-electron chi connectivity index (χ4n) is 2.10. The van der Waals surface area contributed by atoms with Crippen molar-refractivity contribution in [2.24, 2.45) is 5.90 Å². The SMILES string of the molecule is Cc1cc(Br)cc2c1OC(C(F)(F)F)C(C(=O)OC(C)ON)=C2. The van der Waals surface area contributed by atoms with Crippen LogP contribution in [0.15, 0.2) is 22.2 Å². The Labute approximate surface area is 138 Å². The average molecular weight is 396 g/mol. The molecule has 23 heavy (non-hydrogen) atoms. The van der Waals surface area contributed by atoms with E-state index in [9.17, 15) is 18.0 Å². The van der Waals surface area contributed by atoms with Gasteiger partial charge in [0.25, 0.3) is 0 Å². The first kappa shape index (κ1) is 17.8. The molecule has 126 valence electrons. The molecule has 0 spiro atoms. The van der Waals surface area contributed by atoms with E-state index in [1.165, 1.54) is 6.92 Å². The lowest BCUT2D eigenvalue weighted by Gasteiger charge is -2.29. The second-order valence-electron chi connectivity index (χ2n) is 4.89. The van der Waals surface area contributed by atoms with Crippen LogP contribution in [0, 0.1) is 6.92 Å². The zero-order valence-electron chi connectivity index (χ0n) is 12.1. The number of ether oxygens (including phenoxy) is 2. The molecule has 5 nitrogen and oxygen atoms in total. The van der Waals surface area contributed by atoms with E-state index in [4.69, 9.17) is 15.4 Å². The molecular weight excluding hydrogens is 383 g/mol. The number of alkyl halides is 3. The van der Waals surface area contributed by atoms with Crippen molar-refractivity contribution in [1.29, 1.82) is 0 Å². The minimum Gasteiger partial charge on any atom is -0.475 e. The first-order chi connectivity index (χ1) is 10.6. The Balaban J connectivity index is 2.49. The van der Waals surface area contributed by atoms with Gasteiger partial charge in [0, 0.05) is 10.0 Å². The van der Waals surface area contributed by atoms with E-state index in [1.54, 1.807) is 19.1 Å². The number of esters is 1. The highest BCUT2D eigenvalue weighted by Crippen LogP contribution is 2.40. The number of halogens is 4. The van der Waals surface area contributed by atoms with E-state index < -0.39 is 30.1 Å². The Morgan fingerprint density at radius 3 is 2.65 bits per heavy atom. The summed E-state index contributed by atoms with van der Waals surface area (Å²) >= 11 is 3.24. The number of rotatable bonds is 3. The maximum atomic E-state index is 13.2. The fourth-order valence-corrected chi connectivity index (χ4v) is 2.69. The molecule has 0 fully saturated rings. The number of hydrogen-bond acceptors (Lipinski definition) is 5. The minimum atomic E-state index is -4.78. The highest BCUT2D eigenvalue weighted by molar-refractivity contribution is 9.10. The zero-order chi connectivity index (χ0) is 17.4. The van der Waals surface area contributed by atoms with Crippen molar-refractivity contribution >= 4 is 28.0 Å². The Hall–Kier alpha value is -1.58. The molecule has 0 bridgehead atoms. The number of carbonyl (C=O) groups excluding carboxylic acids is 1. The molecule has 9 heteroatoms. The molecule has 0 aromatic heterocycles. The molecule has 2 rings (SSSR count). The largest absolute Gasteiger partial charge is 0.475 e. The van der Waals surface area contributed by atoms with Crippen LogP contribution in [-0.2, 0) is 14.4 Å². The summed E-state index contributed by atoms with van der Waals surface area (Å²) in [7, 11) is 0. The molecule has 2 unspecified atom stereocenters. The molecule has 1 aromatic carbocycles. The van der Waals surface area contributed by atoms with Crippen LogP contribution >= 0.6 is 15.9 Å². The van der Waals surface area contributed by atoms with Crippen LogP contribution in [-0.4, -0.2) is 24.5 Å². The summed E-state index contributed by atoms with van der Waals surface area (Å²) in [5, 5.41) is 0. The Morgan fingerprint density at radius 2 is 2.09 bits per heavy atom. The monoisotopic (exact) mass is 395 g/mol. The number of hydrogen-bond donors (Lipinski definition) is 1. The van der Waals surface area contributed by atoms with E-state index in [1.807, 2.05) is 0 Å². The topological polar surface area (TPSA) is 70.8 Å². The highest BCUT2D eigenvalue weighted by atomic mass is 79.9. The van der Waals surface area contributed by atoms with Gasteiger partial charge in [-0.25, -0.2) is 10.7 Å². The molecule has 1 heterocycles. The third-order valence-corrected chi connectivity index (χ3v) is 3.55. The minimum absolute atomic E-state index is 0.0650. The fraction of sp³-hybridized carbons (Fsp3) is 0.357. The maximum absolute atomic E-state index is 13.2. The maximum Gasteiger partial charge on any atom is 0.430 e. The van der Waals surface area contributed by atoms with Crippen LogP contribution in [0.4, 0.5) is 13.2 Å². The van der Waals surface area contributed by atoms with Gasteiger partial charge in [-0.05, 0) is 37.6 Å². The normalized spacial score (nSPS) is 18.6. The van der Waals surface area contributed by atoms with Gasteiger partial charge in [-0.2, -0.15) is 13.2 Å². The summed E-state index contributed by atoms with van der Waals surface area (Å²) in [5.74, 6) is 3.68. The Morgan fingerprint density at radius 1 is 1.43 bits per heavy atom. The molecule has 1 aliphatic rings. The van der Waals surface area contributed by atoms with E-state index in [0.29, 0.717) is 15.6 Å². The van der Waals surface area contributed by atoms with Crippen molar-refractivity contribution in [3.05, 3.63) is 33.3 Å². The van der Waals surface area contributed by atoms with Crippen molar-refractivity contribution in [2.75, 3.05) is 0 Å². The van der Waals surface area contributed by atoms with Crippen LogP contribution in [0.5, 0.6) is 5.75 Å². The number of fused-ring (bicyclic) bond motifs is 1. The van der Waals surface area contributed by atoms with Crippen molar-refractivity contribution in [1.82, 2.24) is 0 Å². The van der Waals surface area contributed by atoms with Gasteiger partial charge in [0.1, 0.15) is 5.75 Å². The van der Waals surface area contributed by atoms with Crippen LogP contribution in [0.25, 0.3) is 6.08 Å². The van der Waals surface area contributed by atoms with Crippen molar-refractivity contribution in [3.63, 3.8) is 0 Å². The smallest absolute Gasteiger partial charge is 0.430 e. The molecule has 1 aromatic rings. The van der Waals surface area contributed by atoms with Crippen molar-refractivity contribution < 1.29 is 32.3 Å². The standard InChI is InChI=1S/C14H13BrF3NO4/c1-6-3-9(15)4-8-5-10(13(20)21-7(2)23-19)12(14(16,17)18)22-11(6)8/h3-5,7,12H,19H2,1-2H3. The lowest BCUT2D eigenvalue weighted by atomic mass is 9.99. The molecule has 1 aliphatic heterocycles. The van der Waals surface area contributed by atoms with Gasteiger partial charge in [0.05, 0.1) is 5.57 Å². The second-order valence-corrected chi connectivity index (χ2v) is 5.80. The van der Waals surface area contributed by atoms with E-state index in [-0.39, 0.29) is 5.75 Å². The third-order valence-electron chi connectivity index (χ3n) is 3.09. The summed E-state index contributed by atoms with van der Waals surface area (Å²) in [4.78, 5) is 16.2. The predicted octanol–water partition coefficient (Wildman–Crippen LogP) is 3.24. The number of carbonyl (C=O) groups is 1. The molecular formula is C14H13BrF3NO4. The lowest BCUT2D eigenvalue weighted by molar-refractivity contribution is -0.194. The molecule has 0 saturated heterocycles. The summed E-state index contributed by atoms with van der Waals surface area (Å²) in [6.45, 7) is 2.89. The van der Waals surface area contributed by atoms with Gasteiger partial charge in [0.15, 0.2) is 0 Å². The molecule has 0 radical (unpaired) electrons. The summed E-state index contributed by atoms with van der Waals surface area (Å²) in [6, 6.07) is 3.17. The second kappa shape index (κ2) is 6.50. The van der Waals surface area contributed by atoms with E-state index in [2.05, 4.69) is 20.8 Å². The van der Waals surface area contributed by atoms with Gasteiger partial charge >= 0.3 is 12.1 Å². The summed E-state index contributed by atoms with van der Waals surface area (Å²) in [5.41, 5.74) is 0.169. The van der Waals surface area contributed by atoms with E-state index >= 15 is 0 Å². The van der Waals surface area contributed by atoms with Gasteiger partial charge in [-0.15, -0.1) is 0 Å². The number of benzene rings is 1. The van der Waals surface area contributed by atoms with Gasteiger partial charge < -0.3 is 9.47 Å². The summed E-state index contributed by atoms with van der Waals surface area (Å²) < 4.78 is 50.1. The van der Waals surface area contributed by atoms with Crippen LogP contribution < -0.4 is 10.6 Å². The Bertz CT molecular complexity index is 660. The first-order valence-electron chi connectivity index (χ1n) is 6.45. The highest BCUT2D eigenvalue weighted by Gasteiger charge is 2.49. The molecule has 2 N–H and O–H groups in total. The lowest BCUT2D eigenvalue weighted by Crippen LogP contribution is -2.41.